The number of fused-ring (bicyclic) bond motifs is 3. The zero-order valence-corrected chi connectivity index (χ0v) is 12.7. The Labute approximate surface area is 131 Å². The first kappa shape index (κ1) is 13.6. The second-order valence-corrected chi connectivity index (χ2v) is 6.47. The van der Waals surface area contributed by atoms with Crippen molar-refractivity contribution in [2.45, 2.75) is 38.1 Å². The zero-order valence-electron chi connectivity index (χ0n) is 12.7. The van der Waals surface area contributed by atoms with Crippen LogP contribution < -0.4 is 4.90 Å². The van der Waals surface area contributed by atoms with Crippen molar-refractivity contribution in [3.63, 3.8) is 0 Å². The highest BCUT2D eigenvalue weighted by Crippen LogP contribution is 2.46. The number of benzene rings is 2. The van der Waals surface area contributed by atoms with Gasteiger partial charge in [-0.05, 0) is 36.0 Å². The van der Waals surface area contributed by atoms with Gasteiger partial charge in [-0.2, -0.15) is 0 Å². The Morgan fingerprint density at radius 3 is 2.36 bits per heavy atom. The van der Waals surface area contributed by atoms with Gasteiger partial charge >= 0.3 is 0 Å². The number of hydrogen-bond acceptors (Lipinski definition) is 1. The Kier molecular flexibility index (Phi) is 3.45. The van der Waals surface area contributed by atoms with E-state index in [1.807, 2.05) is 29.2 Å². The molecule has 0 radical (unpaired) electrons. The highest BCUT2D eigenvalue weighted by Gasteiger charge is 2.40. The maximum Gasteiger partial charge on any atom is 0.231 e. The number of carbonyl (C=O) groups excluding carboxylic acids is 1. The normalized spacial score (nSPS) is 23.8. The van der Waals surface area contributed by atoms with Crippen molar-refractivity contribution in [2.24, 2.45) is 5.92 Å². The fraction of sp³-hybridized carbons (Fsp3) is 0.350. The molecule has 1 aliphatic heterocycles. The van der Waals surface area contributed by atoms with Gasteiger partial charge in [-0.25, -0.2) is 0 Å². The van der Waals surface area contributed by atoms with Gasteiger partial charge in [0.15, 0.2) is 0 Å². The summed E-state index contributed by atoms with van der Waals surface area (Å²) in [5.74, 6) is 0.948. The van der Waals surface area contributed by atoms with E-state index in [0.29, 0.717) is 18.4 Å². The number of anilines is 1. The predicted octanol–water partition coefficient (Wildman–Crippen LogP) is 4.51. The van der Waals surface area contributed by atoms with E-state index in [9.17, 15) is 4.79 Å². The monoisotopic (exact) mass is 291 g/mol. The molecule has 4 rings (SSSR count). The van der Waals surface area contributed by atoms with Gasteiger partial charge in [0, 0.05) is 11.6 Å². The van der Waals surface area contributed by atoms with Crippen LogP contribution in [0.5, 0.6) is 0 Å². The van der Waals surface area contributed by atoms with Gasteiger partial charge in [-0.3, -0.25) is 4.79 Å². The minimum absolute atomic E-state index is 0.187. The van der Waals surface area contributed by atoms with E-state index in [4.69, 9.17) is 0 Å². The van der Waals surface area contributed by atoms with Gasteiger partial charge in [0.25, 0.3) is 0 Å². The maximum absolute atomic E-state index is 13.1. The summed E-state index contributed by atoms with van der Waals surface area (Å²) in [7, 11) is 0. The van der Waals surface area contributed by atoms with Gasteiger partial charge < -0.3 is 4.90 Å². The SMILES string of the molecule is O=C1[C@@H]2CCCC[C@@H]2c2ccccc2N1Cc1ccccc1. The average Bonchev–Trinajstić information content (AvgIpc) is 2.59. The Morgan fingerprint density at radius 2 is 1.55 bits per heavy atom. The van der Waals surface area contributed by atoms with Gasteiger partial charge in [-0.1, -0.05) is 61.4 Å². The molecule has 1 saturated carbocycles. The van der Waals surface area contributed by atoms with E-state index >= 15 is 0 Å². The third-order valence-corrected chi connectivity index (χ3v) is 5.16. The van der Waals surface area contributed by atoms with E-state index in [2.05, 4.69) is 30.3 Å². The van der Waals surface area contributed by atoms with Gasteiger partial charge in [0.1, 0.15) is 0 Å². The van der Waals surface area contributed by atoms with Crippen molar-refractivity contribution in [1.82, 2.24) is 0 Å². The molecule has 2 aliphatic rings. The van der Waals surface area contributed by atoms with Crippen molar-refractivity contribution in [2.75, 3.05) is 4.90 Å². The summed E-state index contributed by atoms with van der Waals surface area (Å²) >= 11 is 0. The van der Waals surface area contributed by atoms with E-state index < -0.39 is 0 Å². The smallest absolute Gasteiger partial charge is 0.231 e. The molecule has 2 nitrogen and oxygen atoms in total. The number of nitrogens with zero attached hydrogens (tertiary/aromatic N) is 1. The maximum atomic E-state index is 13.1. The van der Waals surface area contributed by atoms with Crippen molar-refractivity contribution >= 4 is 11.6 Å². The summed E-state index contributed by atoms with van der Waals surface area (Å²) in [6.45, 7) is 0.680. The summed E-state index contributed by atoms with van der Waals surface area (Å²) in [5, 5.41) is 0. The van der Waals surface area contributed by atoms with Gasteiger partial charge in [-0.15, -0.1) is 0 Å². The van der Waals surface area contributed by atoms with Crippen LogP contribution in [0.15, 0.2) is 54.6 Å². The number of hydrogen-bond donors (Lipinski definition) is 0. The molecule has 22 heavy (non-hydrogen) atoms. The molecular formula is C20H21NO. The molecule has 0 N–H and O–H groups in total. The fourth-order valence-corrected chi connectivity index (χ4v) is 4.09. The molecule has 2 aromatic rings. The Bertz CT molecular complexity index is 679. The summed E-state index contributed by atoms with van der Waals surface area (Å²) in [6, 6.07) is 18.8. The molecule has 1 aliphatic carbocycles. The first-order valence-electron chi connectivity index (χ1n) is 8.29. The van der Waals surface area contributed by atoms with E-state index in [1.54, 1.807) is 0 Å². The Morgan fingerprint density at radius 1 is 0.864 bits per heavy atom. The largest absolute Gasteiger partial charge is 0.307 e. The van der Waals surface area contributed by atoms with Gasteiger partial charge in [0.05, 0.1) is 6.54 Å². The fourth-order valence-electron chi connectivity index (χ4n) is 4.09. The van der Waals surface area contributed by atoms with Crippen molar-refractivity contribution in [1.29, 1.82) is 0 Å². The lowest BCUT2D eigenvalue weighted by Crippen LogP contribution is -2.44. The molecule has 0 aromatic heterocycles. The second-order valence-electron chi connectivity index (χ2n) is 6.47. The van der Waals surface area contributed by atoms with E-state index in [0.717, 1.165) is 18.5 Å². The summed E-state index contributed by atoms with van der Waals surface area (Å²) in [5.41, 5.74) is 3.70. The standard InChI is InChI=1S/C20H21NO/c22-20-18-12-5-4-10-16(18)17-11-6-7-13-19(17)21(20)14-15-8-2-1-3-9-15/h1-3,6-9,11,13,16,18H,4-5,10,12,14H2/t16-,18-/m1/s1. The number of amides is 1. The first-order chi connectivity index (χ1) is 10.8. The lowest BCUT2D eigenvalue weighted by atomic mass is 9.72. The van der Waals surface area contributed by atoms with Crippen LogP contribution in [-0.4, -0.2) is 5.91 Å². The molecule has 1 heterocycles. The number of para-hydroxylation sites is 1. The highest BCUT2D eigenvalue weighted by atomic mass is 16.2. The molecule has 1 amide bonds. The second kappa shape index (κ2) is 5.60. The molecular weight excluding hydrogens is 270 g/mol. The quantitative estimate of drug-likeness (QED) is 0.797. The number of carbonyl (C=O) groups is 1. The van der Waals surface area contributed by atoms with Crippen LogP contribution in [0.4, 0.5) is 5.69 Å². The van der Waals surface area contributed by atoms with Crippen LogP contribution in [-0.2, 0) is 11.3 Å². The molecule has 0 spiro atoms. The molecule has 112 valence electrons. The van der Waals surface area contributed by atoms with Crippen molar-refractivity contribution in [3.05, 3.63) is 65.7 Å². The van der Waals surface area contributed by atoms with Crippen LogP contribution in [0.3, 0.4) is 0 Å². The molecule has 1 fully saturated rings. The van der Waals surface area contributed by atoms with Gasteiger partial charge in [0.2, 0.25) is 5.91 Å². The third kappa shape index (κ3) is 2.23. The highest BCUT2D eigenvalue weighted by molar-refractivity contribution is 5.99. The van der Waals surface area contributed by atoms with Crippen LogP contribution in [0.1, 0.15) is 42.7 Å². The van der Waals surface area contributed by atoms with E-state index in [-0.39, 0.29) is 5.92 Å². The topological polar surface area (TPSA) is 20.3 Å². The molecule has 0 bridgehead atoms. The molecule has 0 saturated heterocycles. The molecule has 2 heteroatoms. The minimum Gasteiger partial charge on any atom is -0.307 e. The summed E-state index contributed by atoms with van der Waals surface area (Å²) in [6.07, 6.45) is 4.64. The Hall–Kier alpha value is -2.09. The summed E-state index contributed by atoms with van der Waals surface area (Å²) < 4.78 is 0. The molecule has 2 atom stereocenters. The van der Waals surface area contributed by atoms with E-state index in [1.165, 1.54) is 24.0 Å². The molecule has 0 unspecified atom stereocenters. The van der Waals surface area contributed by atoms with Crippen LogP contribution in [0, 0.1) is 5.92 Å². The van der Waals surface area contributed by atoms with Crippen LogP contribution in [0.2, 0.25) is 0 Å². The summed E-state index contributed by atoms with van der Waals surface area (Å²) in [4.78, 5) is 15.1. The minimum atomic E-state index is 0.187. The molecule has 2 aromatic carbocycles. The van der Waals surface area contributed by atoms with Crippen molar-refractivity contribution in [3.8, 4) is 0 Å². The van der Waals surface area contributed by atoms with Crippen molar-refractivity contribution < 1.29 is 4.79 Å². The van der Waals surface area contributed by atoms with Crippen LogP contribution in [0.25, 0.3) is 0 Å². The Balaban J connectivity index is 1.75. The lowest BCUT2D eigenvalue weighted by Gasteiger charge is -2.41. The predicted molar refractivity (Wildman–Crippen MR) is 88.8 cm³/mol. The number of rotatable bonds is 2. The van der Waals surface area contributed by atoms with Crippen LogP contribution >= 0.6 is 0 Å². The third-order valence-electron chi connectivity index (χ3n) is 5.16. The lowest BCUT2D eigenvalue weighted by molar-refractivity contribution is -0.124. The average molecular weight is 291 g/mol. The zero-order chi connectivity index (χ0) is 14.9. The first-order valence-corrected chi connectivity index (χ1v) is 8.29.